The molecule has 2 unspecified atom stereocenters. The topological polar surface area (TPSA) is 86.7 Å². The minimum absolute atomic E-state index is 0.189. The lowest BCUT2D eigenvalue weighted by Gasteiger charge is -2.27. The van der Waals surface area contributed by atoms with Gasteiger partial charge >= 0.3 is 0 Å². The summed E-state index contributed by atoms with van der Waals surface area (Å²) in [4.78, 5) is 15.4. The van der Waals surface area contributed by atoms with E-state index in [0.29, 0.717) is 11.6 Å². The van der Waals surface area contributed by atoms with E-state index in [0.717, 1.165) is 37.1 Å². The van der Waals surface area contributed by atoms with Gasteiger partial charge in [0.1, 0.15) is 11.8 Å². The van der Waals surface area contributed by atoms with Crippen molar-refractivity contribution in [3.8, 4) is 0 Å². The van der Waals surface area contributed by atoms with Crippen LogP contribution in [0.1, 0.15) is 25.7 Å². The maximum absolute atomic E-state index is 9.93. The maximum Gasteiger partial charge on any atom is 0.182 e. The quantitative estimate of drug-likeness (QED) is 0.761. The highest BCUT2D eigenvalue weighted by molar-refractivity contribution is 5.81. The smallest absolute Gasteiger partial charge is 0.182 e. The number of aliphatic hydroxyl groups excluding tert-OH is 1. The zero-order valence-corrected chi connectivity index (χ0v) is 10.1. The molecule has 0 aromatic carbocycles. The largest absolute Gasteiger partial charge is 0.393 e. The lowest BCUT2D eigenvalue weighted by molar-refractivity contribution is 0.0763. The van der Waals surface area contributed by atoms with Crippen LogP contribution < -0.4 is 5.32 Å². The molecule has 0 aliphatic heterocycles. The Labute approximate surface area is 105 Å². The van der Waals surface area contributed by atoms with Crippen LogP contribution in [-0.2, 0) is 0 Å². The maximum atomic E-state index is 9.93. The molecule has 1 saturated carbocycles. The normalized spacial score (nSPS) is 24.3. The van der Waals surface area contributed by atoms with E-state index in [1.807, 2.05) is 0 Å². The lowest BCUT2D eigenvalue weighted by Crippen LogP contribution is -2.30. The Bertz CT molecular complexity index is 526. The molecule has 1 fully saturated rings. The van der Waals surface area contributed by atoms with E-state index in [-0.39, 0.29) is 6.10 Å². The second-order valence-electron chi connectivity index (χ2n) is 4.82. The van der Waals surface area contributed by atoms with Gasteiger partial charge in [-0.25, -0.2) is 15.0 Å². The number of rotatable bonds is 3. The molecular weight excluding hydrogens is 230 g/mol. The number of aliphatic hydroxyl groups is 1. The van der Waals surface area contributed by atoms with Gasteiger partial charge in [-0.2, -0.15) is 0 Å². The summed E-state index contributed by atoms with van der Waals surface area (Å²) in [6.07, 6.45) is 7.25. The number of aromatic nitrogens is 4. The first-order chi connectivity index (χ1) is 8.84. The molecule has 0 amide bonds. The highest BCUT2D eigenvalue weighted by atomic mass is 16.3. The molecule has 2 aromatic rings. The van der Waals surface area contributed by atoms with Gasteiger partial charge in [0.2, 0.25) is 0 Å². The van der Waals surface area contributed by atoms with E-state index >= 15 is 0 Å². The van der Waals surface area contributed by atoms with Gasteiger partial charge in [-0.15, -0.1) is 0 Å². The van der Waals surface area contributed by atoms with Crippen LogP contribution in [0.2, 0.25) is 0 Å². The van der Waals surface area contributed by atoms with Crippen molar-refractivity contribution in [2.75, 3.05) is 11.9 Å². The van der Waals surface area contributed by atoms with Gasteiger partial charge in [0, 0.05) is 12.5 Å². The summed E-state index contributed by atoms with van der Waals surface area (Å²) in [7, 11) is 0. The predicted molar refractivity (Wildman–Crippen MR) is 68.1 cm³/mol. The minimum Gasteiger partial charge on any atom is -0.393 e. The number of hydrogen-bond donors (Lipinski definition) is 3. The number of aromatic amines is 1. The van der Waals surface area contributed by atoms with Crippen LogP contribution >= 0.6 is 0 Å². The van der Waals surface area contributed by atoms with Crippen molar-refractivity contribution in [1.82, 2.24) is 19.9 Å². The fourth-order valence-electron chi connectivity index (χ4n) is 2.55. The number of imidazole rings is 1. The van der Waals surface area contributed by atoms with E-state index < -0.39 is 0 Å². The second-order valence-corrected chi connectivity index (χ2v) is 4.82. The average Bonchev–Trinajstić information content (AvgIpc) is 2.86. The Hall–Kier alpha value is -1.69. The van der Waals surface area contributed by atoms with Crippen molar-refractivity contribution in [2.45, 2.75) is 31.8 Å². The van der Waals surface area contributed by atoms with Crippen LogP contribution in [0.4, 0.5) is 5.82 Å². The number of anilines is 1. The van der Waals surface area contributed by atoms with E-state index in [9.17, 15) is 5.11 Å². The Balaban J connectivity index is 1.71. The lowest BCUT2D eigenvalue weighted by atomic mass is 9.86. The van der Waals surface area contributed by atoms with E-state index in [4.69, 9.17) is 0 Å². The molecule has 2 atom stereocenters. The van der Waals surface area contributed by atoms with Crippen LogP contribution in [-0.4, -0.2) is 37.7 Å². The molecule has 18 heavy (non-hydrogen) atoms. The third-order valence-corrected chi connectivity index (χ3v) is 3.62. The van der Waals surface area contributed by atoms with Gasteiger partial charge in [0.25, 0.3) is 0 Å². The highest BCUT2D eigenvalue weighted by Gasteiger charge is 2.23. The summed E-state index contributed by atoms with van der Waals surface area (Å²) in [5, 5.41) is 13.2. The van der Waals surface area contributed by atoms with Crippen LogP contribution in [0.5, 0.6) is 0 Å². The molecule has 96 valence electrons. The van der Waals surface area contributed by atoms with Crippen LogP contribution in [0.3, 0.4) is 0 Å². The molecule has 1 aliphatic carbocycles. The zero-order valence-electron chi connectivity index (χ0n) is 10.1. The van der Waals surface area contributed by atoms with Crippen molar-refractivity contribution < 1.29 is 5.11 Å². The Morgan fingerprint density at radius 3 is 3.06 bits per heavy atom. The first kappa shape index (κ1) is 11.4. The minimum atomic E-state index is -0.189. The molecule has 0 spiro atoms. The molecule has 1 aliphatic rings. The summed E-state index contributed by atoms with van der Waals surface area (Å²) in [5.41, 5.74) is 1.49. The van der Waals surface area contributed by atoms with Crippen molar-refractivity contribution in [3.05, 3.63) is 12.7 Å². The van der Waals surface area contributed by atoms with Crippen molar-refractivity contribution in [3.63, 3.8) is 0 Å². The molecule has 0 radical (unpaired) electrons. The summed E-state index contributed by atoms with van der Waals surface area (Å²) < 4.78 is 0. The first-order valence-corrected chi connectivity index (χ1v) is 6.40. The molecule has 0 bridgehead atoms. The van der Waals surface area contributed by atoms with Crippen LogP contribution in [0, 0.1) is 5.92 Å². The Morgan fingerprint density at radius 2 is 2.17 bits per heavy atom. The molecule has 6 heteroatoms. The number of hydrogen-bond acceptors (Lipinski definition) is 5. The van der Waals surface area contributed by atoms with E-state index in [1.54, 1.807) is 6.33 Å². The molecule has 6 nitrogen and oxygen atoms in total. The van der Waals surface area contributed by atoms with E-state index in [2.05, 4.69) is 25.3 Å². The van der Waals surface area contributed by atoms with Crippen molar-refractivity contribution >= 4 is 17.0 Å². The highest BCUT2D eigenvalue weighted by Crippen LogP contribution is 2.25. The van der Waals surface area contributed by atoms with E-state index in [1.165, 1.54) is 12.7 Å². The summed E-state index contributed by atoms with van der Waals surface area (Å²) >= 11 is 0. The van der Waals surface area contributed by atoms with Crippen LogP contribution in [0.15, 0.2) is 12.7 Å². The number of fused-ring (bicyclic) bond motifs is 1. The Kier molecular flexibility index (Phi) is 3.10. The monoisotopic (exact) mass is 247 g/mol. The zero-order chi connectivity index (χ0) is 12.4. The number of nitrogens with zero attached hydrogens (tertiary/aromatic N) is 3. The second kappa shape index (κ2) is 4.89. The van der Waals surface area contributed by atoms with Gasteiger partial charge < -0.3 is 15.4 Å². The van der Waals surface area contributed by atoms with Gasteiger partial charge in [0.15, 0.2) is 11.5 Å². The fraction of sp³-hybridized carbons (Fsp3) is 0.583. The molecule has 3 N–H and O–H groups in total. The van der Waals surface area contributed by atoms with Crippen molar-refractivity contribution in [2.24, 2.45) is 5.92 Å². The fourth-order valence-corrected chi connectivity index (χ4v) is 2.55. The number of nitrogens with one attached hydrogen (secondary N) is 2. The standard InChI is InChI=1S/C12H17N5O/c18-9-4-2-1-3-8(9)5-13-11-10-12(15-6-14-10)17-7-16-11/h6-9,18H,1-5H2,(H2,13,14,15,16,17). The summed E-state index contributed by atoms with van der Waals surface area (Å²) in [6, 6.07) is 0. The first-order valence-electron chi connectivity index (χ1n) is 6.40. The molecule has 2 heterocycles. The summed E-state index contributed by atoms with van der Waals surface area (Å²) in [5.74, 6) is 1.07. The van der Waals surface area contributed by atoms with Crippen LogP contribution in [0.25, 0.3) is 11.2 Å². The van der Waals surface area contributed by atoms with Crippen molar-refractivity contribution in [1.29, 1.82) is 0 Å². The third-order valence-electron chi connectivity index (χ3n) is 3.62. The molecule has 0 saturated heterocycles. The van der Waals surface area contributed by atoms with Gasteiger partial charge in [-0.1, -0.05) is 12.8 Å². The van der Waals surface area contributed by atoms with Gasteiger partial charge in [0.05, 0.1) is 12.4 Å². The van der Waals surface area contributed by atoms with Gasteiger partial charge in [-0.05, 0) is 12.8 Å². The molecular formula is C12H17N5O. The predicted octanol–water partition coefficient (Wildman–Crippen LogP) is 1.32. The average molecular weight is 247 g/mol. The molecule has 3 rings (SSSR count). The number of H-pyrrole nitrogens is 1. The summed E-state index contributed by atoms with van der Waals surface area (Å²) in [6.45, 7) is 0.742. The molecule has 2 aromatic heterocycles. The SMILES string of the molecule is OC1CCCCC1CNc1ncnc2nc[nH]c12. The third kappa shape index (κ3) is 2.15. The van der Waals surface area contributed by atoms with Gasteiger partial charge in [-0.3, -0.25) is 0 Å². The Morgan fingerprint density at radius 1 is 1.28 bits per heavy atom.